The van der Waals surface area contributed by atoms with Crippen molar-refractivity contribution in [3.63, 3.8) is 0 Å². The van der Waals surface area contributed by atoms with Crippen molar-refractivity contribution in [3.05, 3.63) is 85.1 Å². The maximum atomic E-state index is 12.2. The number of carbonyl (C=O) groups excluding carboxylic acids is 2. The van der Waals surface area contributed by atoms with Crippen molar-refractivity contribution in [3.8, 4) is 0 Å². The molecule has 12 heteroatoms. The topological polar surface area (TPSA) is 169 Å². The van der Waals surface area contributed by atoms with E-state index in [-0.39, 0.29) is 12.8 Å². The van der Waals surface area contributed by atoms with Crippen molar-refractivity contribution < 1.29 is 47.8 Å². The summed E-state index contributed by atoms with van der Waals surface area (Å²) in [6.45, 7) is 2.30. The summed E-state index contributed by atoms with van der Waals surface area (Å²) in [5, 5.41) is 21.7. The number of carboxylic acid groups (broad SMARTS) is 1. The molecule has 0 aliphatic rings. The average molecular weight is 778 g/mol. The molecule has 0 aromatic carbocycles. The molecule has 11 nitrogen and oxygen atoms in total. The summed E-state index contributed by atoms with van der Waals surface area (Å²) in [4.78, 5) is 45.6. The highest BCUT2D eigenvalue weighted by Crippen LogP contribution is 2.43. The lowest BCUT2D eigenvalue weighted by atomic mass is 10.1. The summed E-state index contributed by atoms with van der Waals surface area (Å²) in [6.07, 6.45) is 43.7. The first-order chi connectivity index (χ1) is 26.1. The number of unbranched alkanes of at least 4 members (excludes halogenated alkanes) is 8. The van der Waals surface area contributed by atoms with Crippen LogP contribution >= 0.6 is 7.82 Å². The van der Waals surface area contributed by atoms with Gasteiger partial charge in [0, 0.05) is 6.42 Å². The molecule has 0 rings (SSSR count). The number of aliphatic hydroxyl groups excluding tert-OH is 1. The number of allylic oxidation sites excluding steroid dienone is 13. The molecule has 0 aliphatic carbocycles. The summed E-state index contributed by atoms with van der Waals surface area (Å²) < 4.78 is 26.6. The Balaban J connectivity index is 4.07. The van der Waals surface area contributed by atoms with Crippen LogP contribution in [0.15, 0.2) is 85.1 Å². The lowest BCUT2D eigenvalue weighted by molar-refractivity contribution is -0.146. The lowest BCUT2D eigenvalue weighted by Gasteiger charge is -2.18. The van der Waals surface area contributed by atoms with Gasteiger partial charge in [-0.1, -0.05) is 150 Å². The second-order valence-electron chi connectivity index (χ2n) is 12.8. The molecule has 1 amide bonds. The fourth-order valence-electron chi connectivity index (χ4n) is 4.69. The minimum Gasteiger partial charge on any atom is -0.480 e. The maximum Gasteiger partial charge on any atom is 0.472 e. The first-order valence-electron chi connectivity index (χ1n) is 19.6. The number of ether oxygens (including phenoxy) is 1. The van der Waals surface area contributed by atoms with Crippen LogP contribution in [0.5, 0.6) is 0 Å². The number of nitrogens with one attached hydrogen (secondary N) is 1. The van der Waals surface area contributed by atoms with Crippen molar-refractivity contribution in [1.29, 1.82) is 0 Å². The summed E-state index contributed by atoms with van der Waals surface area (Å²) in [5.41, 5.74) is 0. The van der Waals surface area contributed by atoms with Crippen LogP contribution in [-0.4, -0.2) is 64.9 Å². The number of aliphatic carboxylic acids is 1. The highest BCUT2D eigenvalue weighted by atomic mass is 31.2. The molecular formula is C42H68NO10P. The van der Waals surface area contributed by atoms with Crippen LogP contribution in [0.25, 0.3) is 0 Å². The normalized spacial score (nSPS) is 14.7. The first-order valence-corrected chi connectivity index (χ1v) is 21.1. The van der Waals surface area contributed by atoms with Crippen LogP contribution in [0, 0.1) is 0 Å². The smallest absolute Gasteiger partial charge is 0.472 e. The summed E-state index contributed by atoms with van der Waals surface area (Å²) >= 11 is 0. The second kappa shape index (κ2) is 36.6. The molecule has 0 bridgehead atoms. The van der Waals surface area contributed by atoms with Crippen LogP contribution in [0.4, 0.5) is 0 Å². The van der Waals surface area contributed by atoms with E-state index < -0.39 is 57.6 Å². The summed E-state index contributed by atoms with van der Waals surface area (Å²) in [6, 6.07) is -1.56. The molecule has 0 saturated heterocycles. The van der Waals surface area contributed by atoms with Crippen molar-refractivity contribution in [2.24, 2.45) is 0 Å². The molecule has 0 aromatic rings. The Hall–Kier alpha value is -3.34. The average Bonchev–Trinajstić information content (AvgIpc) is 3.14. The van der Waals surface area contributed by atoms with Crippen LogP contribution in [-0.2, 0) is 32.7 Å². The Morgan fingerprint density at radius 3 is 1.50 bits per heavy atom. The molecule has 4 N–H and O–H groups in total. The van der Waals surface area contributed by atoms with E-state index in [4.69, 9.17) is 13.8 Å². The third kappa shape index (κ3) is 35.7. The predicted octanol–water partition coefficient (Wildman–Crippen LogP) is 9.55. The molecule has 0 spiro atoms. The van der Waals surface area contributed by atoms with Crippen LogP contribution in [0.3, 0.4) is 0 Å². The van der Waals surface area contributed by atoms with E-state index in [1.165, 1.54) is 32.1 Å². The van der Waals surface area contributed by atoms with E-state index in [2.05, 4.69) is 79.9 Å². The number of amides is 1. The van der Waals surface area contributed by atoms with E-state index in [0.29, 0.717) is 12.8 Å². The molecule has 0 heterocycles. The number of carboxylic acids is 1. The van der Waals surface area contributed by atoms with Gasteiger partial charge in [0.25, 0.3) is 0 Å². The SMILES string of the molecule is CC/C=C\C/C=C\C/C=C\C/C=C\C/C=C\C/C=C\C/C=C\CC(=O)OCC(O)COP(=O)(O)OCC(NC(=O)CCCCCCCCCCC)C(=O)O. The van der Waals surface area contributed by atoms with Gasteiger partial charge < -0.3 is 25.2 Å². The van der Waals surface area contributed by atoms with Gasteiger partial charge in [0.2, 0.25) is 5.91 Å². The number of hydrogen-bond acceptors (Lipinski definition) is 8. The molecule has 0 aromatic heterocycles. The highest BCUT2D eigenvalue weighted by molar-refractivity contribution is 7.47. The summed E-state index contributed by atoms with van der Waals surface area (Å²) in [5.74, 6) is -2.53. The highest BCUT2D eigenvalue weighted by Gasteiger charge is 2.28. The zero-order chi connectivity index (χ0) is 40.0. The van der Waals surface area contributed by atoms with Crippen LogP contribution in [0.1, 0.15) is 129 Å². The van der Waals surface area contributed by atoms with Gasteiger partial charge in [0.15, 0.2) is 6.04 Å². The number of phosphoric acid groups is 1. The Morgan fingerprint density at radius 2 is 1.04 bits per heavy atom. The number of hydrogen-bond donors (Lipinski definition) is 4. The van der Waals surface area contributed by atoms with Crippen molar-refractivity contribution >= 4 is 25.7 Å². The fourth-order valence-corrected chi connectivity index (χ4v) is 5.46. The quantitative estimate of drug-likeness (QED) is 0.0210. The van der Waals surface area contributed by atoms with E-state index in [9.17, 15) is 34.1 Å². The van der Waals surface area contributed by atoms with Gasteiger partial charge in [-0.15, -0.1) is 0 Å². The molecule has 54 heavy (non-hydrogen) atoms. The van der Waals surface area contributed by atoms with E-state index in [0.717, 1.165) is 57.8 Å². The van der Waals surface area contributed by atoms with Gasteiger partial charge >= 0.3 is 19.8 Å². The third-order valence-corrected chi connectivity index (χ3v) is 8.68. The summed E-state index contributed by atoms with van der Waals surface area (Å²) in [7, 11) is -4.77. The van der Waals surface area contributed by atoms with Gasteiger partial charge in [-0.05, 0) is 51.4 Å². The third-order valence-electron chi connectivity index (χ3n) is 7.73. The Bertz CT molecular complexity index is 1240. The van der Waals surface area contributed by atoms with Crippen molar-refractivity contribution in [2.75, 3.05) is 19.8 Å². The lowest BCUT2D eigenvalue weighted by Crippen LogP contribution is -2.43. The minimum atomic E-state index is -4.77. The number of carbonyl (C=O) groups is 3. The van der Waals surface area contributed by atoms with Crippen LogP contribution in [0.2, 0.25) is 0 Å². The minimum absolute atomic E-state index is 0.0147. The Kier molecular flexibility index (Phi) is 34.4. The molecule has 3 unspecified atom stereocenters. The van der Waals surface area contributed by atoms with E-state index in [1.54, 1.807) is 6.08 Å². The van der Waals surface area contributed by atoms with Crippen molar-refractivity contribution in [2.45, 2.75) is 142 Å². The molecule has 306 valence electrons. The number of aliphatic hydroxyl groups is 1. The predicted molar refractivity (Wildman–Crippen MR) is 217 cm³/mol. The number of rotatable bonds is 35. The molecule has 0 aliphatic heterocycles. The maximum absolute atomic E-state index is 12.2. The zero-order valence-electron chi connectivity index (χ0n) is 32.7. The molecule has 0 saturated carbocycles. The van der Waals surface area contributed by atoms with Gasteiger partial charge in [0.05, 0.1) is 19.6 Å². The molecule has 3 atom stereocenters. The monoisotopic (exact) mass is 777 g/mol. The largest absolute Gasteiger partial charge is 0.480 e. The van der Waals surface area contributed by atoms with Gasteiger partial charge in [-0.25, -0.2) is 9.36 Å². The van der Waals surface area contributed by atoms with Crippen LogP contribution < -0.4 is 5.32 Å². The Labute approximate surface area is 324 Å². The van der Waals surface area contributed by atoms with E-state index in [1.807, 2.05) is 18.2 Å². The second-order valence-corrected chi connectivity index (χ2v) is 14.2. The Morgan fingerprint density at radius 1 is 0.611 bits per heavy atom. The van der Waals surface area contributed by atoms with Gasteiger partial charge in [-0.3, -0.25) is 18.6 Å². The molecular weight excluding hydrogens is 709 g/mol. The standard InChI is InChI=1S/C42H68NO10P/c1-3-5-7-9-11-13-14-15-16-17-18-19-20-21-22-23-24-26-28-30-32-34-41(46)51-35-38(44)36-52-54(49,50)53-37-39(42(47)48)43-40(45)33-31-29-27-25-12-10-8-6-4-2/h5,7,11,13,15-16,18-19,21-22,24,26,30,32,38-39,44H,3-4,6,8-10,12,14,17,20,23,25,27-29,31,33-37H2,1-2H3,(H,43,45)(H,47,48)(H,49,50)/b7-5-,13-11-,16-15-,19-18-,22-21-,26-24-,32-30-. The number of esters is 1. The van der Waals surface area contributed by atoms with Crippen molar-refractivity contribution in [1.82, 2.24) is 5.32 Å². The molecule has 0 radical (unpaired) electrons. The molecule has 0 fully saturated rings. The van der Waals surface area contributed by atoms with E-state index >= 15 is 0 Å². The number of phosphoric ester groups is 1. The fraction of sp³-hybridized carbons (Fsp3) is 0.595. The van der Waals surface area contributed by atoms with Gasteiger partial charge in [0.1, 0.15) is 12.7 Å². The zero-order valence-corrected chi connectivity index (χ0v) is 33.6. The first kappa shape index (κ1) is 50.7. The van der Waals surface area contributed by atoms with Gasteiger partial charge in [-0.2, -0.15) is 0 Å².